The molecule has 1 unspecified atom stereocenters. The highest BCUT2D eigenvalue weighted by Crippen LogP contribution is 2.22. The summed E-state index contributed by atoms with van der Waals surface area (Å²) in [6.07, 6.45) is 4.40. The SMILES string of the molecule is CC(C)c1ccnc(CC(C)c2ncccc2C#N)c1. The van der Waals surface area contributed by atoms with E-state index in [0.29, 0.717) is 11.5 Å². The van der Waals surface area contributed by atoms with Crippen LogP contribution >= 0.6 is 0 Å². The third-order valence-corrected chi connectivity index (χ3v) is 3.45. The fraction of sp³-hybridized carbons (Fsp3) is 0.353. The smallest absolute Gasteiger partial charge is 0.101 e. The van der Waals surface area contributed by atoms with E-state index in [-0.39, 0.29) is 5.92 Å². The van der Waals surface area contributed by atoms with Gasteiger partial charge in [0.25, 0.3) is 0 Å². The van der Waals surface area contributed by atoms with Crippen molar-refractivity contribution in [2.45, 2.75) is 39.0 Å². The molecule has 0 bridgehead atoms. The van der Waals surface area contributed by atoms with Crippen LogP contribution in [0.1, 0.15) is 55.1 Å². The van der Waals surface area contributed by atoms with Gasteiger partial charge in [0, 0.05) is 24.0 Å². The molecule has 1 atom stereocenters. The van der Waals surface area contributed by atoms with E-state index in [1.807, 2.05) is 12.3 Å². The molecule has 3 heteroatoms. The zero-order chi connectivity index (χ0) is 14.5. The van der Waals surface area contributed by atoms with Crippen LogP contribution in [-0.4, -0.2) is 9.97 Å². The van der Waals surface area contributed by atoms with Gasteiger partial charge >= 0.3 is 0 Å². The van der Waals surface area contributed by atoms with Crippen LogP contribution in [0.2, 0.25) is 0 Å². The van der Waals surface area contributed by atoms with Crippen LogP contribution in [0.5, 0.6) is 0 Å². The predicted molar refractivity (Wildman–Crippen MR) is 79.4 cm³/mol. The van der Waals surface area contributed by atoms with Crippen LogP contribution in [0.4, 0.5) is 0 Å². The first-order valence-corrected chi connectivity index (χ1v) is 6.91. The standard InChI is InChI=1S/C17H19N3/c1-12(2)14-6-8-19-16(10-14)9-13(3)17-15(11-18)5-4-7-20-17/h4-8,10,12-13H,9H2,1-3H3. The van der Waals surface area contributed by atoms with Crippen molar-refractivity contribution < 1.29 is 0 Å². The Labute approximate surface area is 120 Å². The summed E-state index contributed by atoms with van der Waals surface area (Å²) in [7, 11) is 0. The molecule has 20 heavy (non-hydrogen) atoms. The van der Waals surface area contributed by atoms with Crippen molar-refractivity contribution in [3.8, 4) is 6.07 Å². The zero-order valence-electron chi connectivity index (χ0n) is 12.2. The van der Waals surface area contributed by atoms with E-state index in [1.165, 1.54) is 5.56 Å². The predicted octanol–water partition coefficient (Wildman–Crippen LogP) is 3.82. The highest BCUT2D eigenvalue weighted by molar-refractivity contribution is 5.35. The van der Waals surface area contributed by atoms with Crippen LogP contribution in [0, 0.1) is 11.3 Å². The Balaban J connectivity index is 2.22. The molecule has 0 radical (unpaired) electrons. The van der Waals surface area contributed by atoms with E-state index < -0.39 is 0 Å². The van der Waals surface area contributed by atoms with Gasteiger partial charge in [-0.25, -0.2) is 0 Å². The minimum Gasteiger partial charge on any atom is -0.261 e. The van der Waals surface area contributed by atoms with E-state index in [2.05, 4.69) is 48.9 Å². The van der Waals surface area contributed by atoms with Crippen LogP contribution in [0.25, 0.3) is 0 Å². The third kappa shape index (κ3) is 3.21. The molecule has 0 aliphatic heterocycles. The first kappa shape index (κ1) is 14.2. The van der Waals surface area contributed by atoms with E-state index in [4.69, 9.17) is 5.26 Å². The lowest BCUT2D eigenvalue weighted by Gasteiger charge is -2.13. The van der Waals surface area contributed by atoms with E-state index in [0.717, 1.165) is 17.8 Å². The summed E-state index contributed by atoms with van der Waals surface area (Å²) in [5.74, 6) is 0.678. The lowest BCUT2D eigenvalue weighted by molar-refractivity contribution is 0.709. The van der Waals surface area contributed by atoms with E-state index in [1.54, 1.807) is 12.3 Å². The molecule has 0 amide bonds. The fourth-order valence-corrected chi connectivity index (χ4v) is 2.28. The summed E-state index contributed by atoms with van der Waals surface area (Å²) in [4.78, 5) is 8.78. The summed E-state index contributed by atoms with van der Waals surface area (Å²) in [6.45, 7) is 6.44. The fourth-order valence-electron chi connectivity index (χ4n) is 2.28. The van der Waals surface area contributed by atoms with Crippen molar-refractivity contribution in [3.05, 3.63) is 59.2 Å². The Bertz CT molecular complexity index is 626. The number of hydrogen-bond acceptors (Lipinski definition) is 3. The maximum Gasteiger partial charge on any atom is 0.101 e. The van der Waals surface area contributed by atoms with Gasteiger partial charge in [-0.1, -0.05) is 20.8 Å². The zero-order valence-corrected chi connectivity index (χ0v) is 12.2. The molecule has 0 spiro atoms. The highest BCUT2D eigenvalue weighted by Gasteiger charge is 2.13. The maximum atomic E-state index is 9.14. The highest BCUT2D eigenvalue weighted by atomic mass is 14.7. The van der Waals surface area contributed by atoms with Crippen molar-refractivity contribution in [2.24, 2.45) is 0 Å². The quantitative estimate of drug-likeness (QED) is 0.844. The van der Waals surface area contributed by atoms with Gasteiger partial charge in [-0.15, -0.1) is 0 Å². The normalized spacial score (nSPS) is 12.2. The van der Waals surface area contributed by atoms with Gasteiger partial charge in [0.2, 0.25) is 0 Å². The Hall–Kier alpha value is -2.21. The molecule has 0 N–H and O–H groups in total. The average molecular weight is 265 g/mol. The monoisotopic (exact) mass is 265 g/mol. The topological polar surface area (TPSA) is 49.6 Å². The number of pyridine rings is 2. The van der Waals surface area contributed by atoms with Gasteiger partial charge < -0.3 is 0 Å². The summed E-state index contributed by atoms with van der Waals surface area (Å²) >= 11 is 0. The maximum absolute atomic E-state index is 9.14. The van der Waals surface area contributed by atoms with Gasteiger partial charge in [-0.05, 0) is 42.2 Å². The van der Waals surface area contributed by atoms with E-state index >= 15 is 0 Å². The summed E-state index contributed by atoms with van der Waals surface area (Å²) in [5, 5.41) is 9.14. The molecular formula is C17H19N3. The summed E-state index contributed by atoms with van der Waals surface area (Å²) in [6, 6.07) is 10.0. The third-order valence-electron chi connectivity index (χ3n) is 3.45. The molecular weight excluding hydrogens is 246 g/mol. The second-order valence-electron chi connectivity index (χ2n) is 5.39. The Morgan fingerprint density at radius 2 is 1.95 bits per heavy atom. The molecule has 2 heterocycles. The molecule has 2 rings (SSSR count). The second-order valence-corrected chi connectivity index (χ2v) is 5.39. The van der Waals surface area contributed by atoms with Crippen LogP contribution in [-0.2, 0) is 6.42 Å². The molecule has 0 fully saturated rings. The Morgan fingerprint density at radius 1 is 1.15 bits per heavy atom. The molecule has 0 aliphatic carbocycles. The first-order valence-electron chi connectivity index (χ1n) is 6.91. The number of nitrogens with zero attached hydrogens (tertiary/aromatic N) is 3. The van der Waals surface area contributed by atoms with Crippen LogP contribution in [0.15, 0.2) is 36.7 Å². The van der Waals surface area contributed by atoms with Gasteiger partial charge in [0.15, 0.2) is 0 Å². The number of nitriles is 1. The molecule has 0 saturated heterocycles. The molecule has 0 aromatic carbocycles. The van der Waals surface area contributed by atoms with E-state index in [9.17, 15) is 0 Å². The summed E-state index contributed by atoms with van der Waals surface area (Å²) in [5.41, 5.74) is 3.86. The molecule has 2 aromatic rings. The van der Waals surface area contributed by atoms with Crippen LogP contribution < -0.4 is 0 Å². The second kappa shape index (κ2) is 6.29. The average Bonchev–Trinajstić information content (AvgIpc) is 2.47. The molecule has 3 nitrogen and oxygen atoms in total. The van der Waals surface area contributed by atoms with Gasteiger partial charge in [0.05, 0.1) is 11.3 Å². The minimum absolute atomic E-state index is 0.181. The number of hydrogen-bond donors (Lipinski definition) is 0. The first-order chi connectivity index (χ1) is 9.61. The van der Waals surface area contributed by atoms with Crippen molar-refractivity contribution in [2.75, 3.05) is 0 Å². The molecule has 102 valence electrons. The van der Waals surface area contributed by atoms with Crippen molar-refractivity contribution in [3.63, 3.8) is 0 Å². The number of aromatic nitrogens is 2. The Morgan fingerprint density at radius 3 is 2.65 bits per heavy atom. The summed E-state index contributed by atoms with van der Waals surface area (Å²) < 4.78 is 0. The number of rotatable bonds is 4. The lowest BCUT2D eigenvalue weighted by atomic mass is 9.95. The minimum atomic E-state index is 0.181. The molecule has 2 aromatic heterocycles. The molecule has 0 aliphatic rings. The van der Waals surface area contributed by atoms with Crippen molar-refractivity contribution in [1.29, 1.82) is 5.26 Å². The Kier molecular flexibility index (Phi) is 4.47. The van der Waals surface area contributed by atoms with Gasteiger partial charge in [-0.2, -0.15) is 5.26 Å². The van der Waals surface area contributed by atoms with Crippen LogP contribution in [0.3, 0.4) is 0 Å². The van der Waals surface area contributed by atoms with Crippen molar-refractivity contribution in [1.82, 2.24) is 9.97 Å². The van der Waals surface area contributed by atoms with Gasteiger partial charge in [-0.3, -0.25) is 9.97 Å². The van der Waals surface area contributed by atoms with Crippen molar-refractivity contribution >= 4 is 0 Å². The lowest BCUT2D eigenvalue weighted by Crippen LogP contribution is -2.05. The van der Waals surface area contributed by atoms with Gasteiger partial charge in [0.1, 0.15) is 6.07 Å². The molecule has 0 saturated carbocycles. The largest absolute Gasteiger partial charge is 0.261 e.